The fourth-order valence-corrected chi connectivity index (χ4v) is 9.01. The molecule has 0 aromatic heterocycles. The number of aliphatic hydroxyl groups is 1. The molecule has 2 aliphatic rings. The summed E-state index contributed by atoms with van der Waals surface area (Å²) in [5.74, 6) is 1.36. The SMILES string of the molecule is CCC(C)c1ccc(N(c2ccc(C(O)c3ccccc3)cc2)c2ccc(C3C(C)(CC)C4=CC(C)c5ccccc5C43C)cc2)cc1. The Kier molecular flexibility index (Phi) is 8.42. The van der Waals surface area contributed by atoms with Crippen molar-refractivity contribution >= 4 is 17.1 Å². The molecule has 0 aliphatic heterocycles. The van der Waals surface area contributed by atoms with E-state index in [0.29, 0.717) is 17.8 Å². The highest BCUT2D eigenvalue weighted by atomic mass is 16.3. The van der Waals surface area contributed by atoms with Gasteiger partial charge < -0.3 is 10.0 Å². The summed E-state index contributed by atoms with van der Waals surface area (Å²) in [6.07, 6.45) is 4.14. The average Bonchev–Trinajstić information content (AvgIpc) is 3.14. The van der Waals surface area contributed by atoms with Crippen LogP contribution >= 0.6 is 0 Å². The highest BCUT2D eigenvalue weighted by Crippen LogP contribution is 2.72. The van der Waals surface area contributed by atoms with Crippen LogP contribution in [0.2, 0.25) is 0 Å². The smallest absolute Gasteiger partial charge is 0.104 e. The molecule has 244 valence electrons. The Balaban J connectivity index is 1.27. The first-order chi connectivity index (χ1) is 23.2. The van der Waals surface area contributed by atoms with Crippen molar-refractivity contribution < 1.29 is 5.11 Å². The van der Waals surface area contributed by atoms with Gasteiger partial charge in [-0.15, -0.1) is 0 Å². The zero-order valence-electron chi connectivity index (χ0n) is 29.3. The van der Waals surface area contributed by atoms with E-state index in [1.54, 1.807) is 5.57 Å². The number of fused-ring (bicyclic) bond motifs is 3. The highest BCUT2D eigenvalue weighted by molar-refractivity contribution is 5.77. The van der Waals surface area contributed by atoms with Gasteiger partial charge in [-0.3, -0.25) is 0 Å². The van der Waals surface area contributed by atoms with Crippen LogP contribution < -0.4 is 4.90 Å². The van der Waals surface area contributed by atoms with E-state index < -0.39 is 6.10 Å². The first-order valence-electron chi connectivity index (χ1n) is 17.9. The molecule has 2 heteroatoms. The van der Waals surface area contributed by atoms with E-state index >= 15 is 0 Å². The van der Waals surface area contributed by atoms with Gasteiger partial charge in [0.25, 0.3) is 0 Å². The standard InChI is InChI=1S/C46H49NO/c1-7-31(3)33-18-24-37(25-19-33)47(38-26-20-35(21-27-38)43(48)34-14-10-9-11-15-34)39-28-22-36(23-29-39)44-45(5,8-2)42-30-32(4)40-16-12-13-17-41(40)46(42,44)6/h9-32,43-44,48H,7-8H2,1-6H3. The van der Waals surface area contributed by atoms with Crippen molar-refractivity contribution in [3.05, 3.63) is 172 Å². The van der Waals surface area contributed by atoms with Crippen molar-refractivity contribution in [2.24, 2.45) is 5.41 Å². The predicted octanol–water partition coefficient (Wildman–Crippen LogP) is 12.3. The first kappa shape index (κ1) is 32.2. The molecular weight excluding hydrogens is 583 g/mol. The number of hydrogen-bond acceptors (Lipinski definition) is 2. The second kappa shape index (κ2) is 12.6. The quantitative estimate of drug-likeness (QED) is 0.164. The summed E-state index contributed by atoms with van der Waals surface area (Å²) in [4.78, 5) is 2.34. The molecule has 0 radical (unpaired) electrons. The Morgan fingerprint density at radius 3 is 1.77 bits per heavy atom. The zero-order chi connectivity index (χ0) is 33.6. The first-order valence-corrected chi connectivity index (χ1v) is 17.9. The molecule has 0 amide bonds. The number of nitrogens with zero attached hydrogens (tertiary/aromatic N) is 1. The molecule has 5 aromatic carbocycles. The van der Waals surface area contributed by atoms with Gasteiger partial charge in [-0.1, -0.05) is 144 Å². The third-order valence-electron chi connectivity index (χ3n) is 12.0. The van der Waals surface area contributed by atoms with Crippen LogP contribution in [-0.2, 0) is 5.41 Å². The Hall–Kier alpha value is -4.40. The minimum Gasteiger partial charge on any atom is -0.384 e. The van der Waals surface area contributed by atoms with E-state index in [1.807, 2.05) is 30.3 Å². The lowest BCUT2D eigenvalue weighted by atomic mass is 9.37. The van der Waals surface area contributed by atoms with Crippen molar-refractivity contribution in [3.63, 3.8) is 0 Å². The van der Waals surface area contributed by atoms with Crippen LogP contribution in [0.5, 0.6) is 0 Å². The minimum absolute atomic E-state index is 0.00368. The van der Waals surface area contributed by atoms with Gasteiger partial charge in [0.15, 0.2) is 0 Å². The summed E-state index contributed by atoms with van der Waals surface area (Å²) in [6, 6.07) is 45.8. The van der Waals surface area contributed by atoms with Crippen molar-refractivity contribution in [2.45, 2.75) is 83.7 Å². The van der Waals surface area contributed by atoms with Crippen LogP contribution in [0, 0.1) is 5.41 Å². The van der Waals surface area contributed by atoms with E-state index in [9.17, 15) is 5.11 Å². The minimum atomic E-state index is -0.661. The van der Waals surface area contributed by atoms with Gasteiger partial charge in [-0.2, -0.15) is 0 Å². The topological polar surface area (TPSA) is 23.5 Å². The largest absolute Gasteiger partial charge is 0.384 e. The molecule has 0 saturated heterocycles. The zero-order valence-corrected chi connectivity index (χ0v) is 29.3. The summed E-state index contributed by atoms with van der Waals surface area (Å²) in [6.45, 7) is 14.2. The average molecular weight is 632 g/mol. The summed E-state index contributed by atoms with van der Waals surface area (Å²) in [5, 5.41) is 11.1. The lowest BCUT2D eigenvalue weighted by Crippen LogP contribution is -2.58. The van der Waals surface area contributed by atoms with Crippen molar-refractivity contribution in [1.82, 2.24) is 0 Å². The molecule has 0 heterocycles. The summed E-state index contributed by atoms with van der Waals surface area (Å²) >= 11 is 0. The summed E-state index contributed by atoms with van der Waals surface area (Å²) in [7, 11) is 0. The van der Waals surface area contributed by atoms with Crippen LogP contribution in [0.1, 0.15) is 112 Å². The Bertz CT molecular complexity index is 1910. The molecule has 1 N–H and O–H groups in total. The lowest BCUT2D eigenvalue weighted by Gasteiger charge is -2.66. The molecule has 2 nitrogen and oxygen atoms in total. The number of rotatable bonds is 9. The third kappa shape index (κ3) is 5.13. The van der Waals surface area contributed by atoms with E-state index in [4.69, 9.17) is 0 Å². The number of benzene rings is 5. The van der Waals surface area contributed by atoms with E-state index in [2.05, 4.69) is 150 Å². The molecule has 6 unspecified atom stereocenters. The molecule has 5 aromatic rings. The maximum Gasteiger partial charge on any atom is 0.104 e. The normalized spacial score (nSPS) is 24.0. The van der Waals surface area contributed by atoms with Crippen LogP contribution in [-0.4, -0.2) is 5.11 Å². The molecule has 2 aliphatic carbocycles. The third-order valence-corrected chi connectivity index (χ3v) is 12.0. The van der Waals surface area contributed by atoms with E-state index in [-0.39, 0.29) is 10.8 Å². The van der Waals surface area contributed by atoms with E-state index in [0.717, 1.165) is 41.0 Å². The Morgan fingerprint density at radius 1 is 0.667 bits per heavy atom. The number of hydrogen-bond donors (Lipinski definition) is 1. The van der Waals surface area contributed by atoms with Gasteiger partial charge in [0.2, 0.25) is 0 Å². The fraction of sp³-hybridized carbons (Fsp3) is 0.304. The molecule has 1 saturated carbocycles. The van der Waals surface area contributed by atoms with Gasteiger partial charge in [0.05, 0.1) is 0 Å². The number of allylic oxidation sites excluding steroid dienone is 2. The molecule has 7 rings (SSSR count). The number of anilines is 3. The molecule has 0 spiro atoms. The van der Waals surface area contributed by atoms with Gasteiger partial charge in [0, 0.05) is 28.4 Å². The van der Waals surface area contributed by atoms with Crippen LogP contribution in [0.4, 0.5) is 17.1 Å². The van der Waals surface area contributed by atoms with Gasteiger partial charge >= 0.3 is 0 Å². The predicted molar refractivity (Wildman–Crippen MR) is 202 cm³/mol. The van der Waals surface area contributed by atoms with E-state index in [1.165, 1.54) is 22.3 Å². The van der Waals surface area contributed by atoms with Crippen molar-refractivity contribution in [1.29, 1.82) is 0 Å². The Labute approximate surface area is 287 Å². The number of aliphatic hydroxyl groups excluding tert-OH is 1. The molecule has 0 bridgehead atoms. The Morgan fingerprint density at radius 2 is 1.19 bits per heavy atom. The second-order valence-electron chi connectivity index (χ2n) is 14.6. The highest BCUT2D eigenvalue weighted by Gasteiger charge is 2.64. The lowest BCUT2D eigenvalue weighted by molar-refractivity contribution is 0.0989. The summed E-state index contributed by atoms with van der Waals surface area (Å²) in [5.41, 5.74) is 12.6. The van der Waals surface area contributed by atoms with Gasteiger partial charge in [0.1, 0.15) is 6.10 Å². The van der Waals surface area contributed by atoms with Crippen LogP contribution in [0.3, 0.4) is 0 Å². The second-order valence-corrected chi connectivity index (χ2v) is 14.6. The molecule has 48 heavy (non-hydrogen) atoms. The maximum atomic E-state index is 11.1. The van der Waals surface area contributed by atoms with Crippen LogP contribution in [0.15, 0.2) is 139 Å². The van der Waals surface area contributed by atoms with Gasteiger partial charge in [-0.05, 0) is 99.9 Å². The maximum absolute atomic E-state index is 11.1. The fourth-order valence-electron chi connectivity index (χ4n) is 9.01. The van der Waals surface area contributed by atoms with Crippen LogP contribution in [0.25, 0.3) is 0 Å². The summed E-state index contributed by atoms with van der Waals surface area (Å²) < 4.78 is 0. The monoisotopic (exact) mass is 631 g/mol. The van der Waals surface area contributed by atoms with Gasteiger partial charge in [-0.25, -0.2) is 0 Å². The molecule has 1 fully saturated rings. The molecule has 6 atom stereocenters. The molecular formula is C46H49NO. The van der Waals surface area contributed by atoms with Crippen molar-refractivity contribution in [2.75, 3.05) is 4.90 Å². The van der Waals surface area contributed by atoms with Crippen molar-refractivity contribution in [3.8, 4) is 0 Å².